The van der Waals surface area contributed by atoms with E-state index in [1.165, 1.54) is 7.05 Å². The first-order valence-electron chi connectivity index (χ1n) is 4.48. The quantitative estimate of drug-likeness (QED) is 0.376. The average molecular weight is 206 g/mol. The van der Waals surface area contributed by atoms with Gasteiger partial charge in [-0.25, -0.2) is 10.1 Å². The molecule has 0 aromatic carbocycles. The number of hydrazine groups is 1. The topological polar surface area (TPSA) is 73.1 Å². The molecule has 0 bridgehead atoms. The molecule has 7 nitrogen and oxygen atoms in total. The molecule has 0 spiro atoms. The van der Waals surface area contributed by atoms with Crippen LogP contribution in [0.3, 0.4) is 0 Å². The molecular weight excluding hydrogens is 188 g/mol. The van der Waals surface area contributed by atoms with Gasteiger partial charge in [0.1, 0.15) is 0 Å². The van der Waals surface area contributed by atoms with Gasteiger partial charge in [0, 0.05) is 6.54 Å². The minimum atomic E-state index is -0.736. The molecule has 0 aliphatic carbocycles. The highest BCUT2D eigenvalue weighted by Crippen LogP contribution is 2.05. The van der Waals surface area contributed by atoms with Crippen LogP contribution in [-0.2, 0) is 0 Å². The Bertz CT molecular complexity index is 180. The number of hydrogen-bond donors (Lipinski definition) is 1. The van der Waals surface area contributed by atoms with E-state index < -0.39 is 11.3 Å². The van der Waals surface area contributed by atoms with Crippen LogP contribution in [0.4, 0.5) is 0 Å². The Kier molecular flexibility index (Phi) is 5.36. The third kappa shape index (κ3) is 3.09. The van der Waals surface area contributed by atoms with E-state index in [1.807, 2.05) is 6.92 Å². The summed E-state index contributed by atoms with van der Waals surface area (Å²) >= 11 is 0. The third-order valence-electron chi connectivity index (χ3n) is 2.08. The fourth-order valence-electron chi connectivity index (χ4n) is 1.12. The average Bonchev–Trinajstić information content (AvgIpc) is 2.16. The van der Waals surface area contributed by atoms with Crippen LogP contribution in [0, 0.1) is 10.1 Å². The summed E-state index contributed by atoms with van der Waals surface area (Å²) in [6.07, 6.45) is -0.736. The molecule has 1 N–H and O–H groups in total. The molecule has 0 aromatic heterocycles. The van der Waals surface area contributed by atoms with Gasteiger partial charge in [-0.2, -0.15) is 5.06 Å². The van der Waals surface area contributed by atoms with Crippen LogP contribution in [0.2, 0.25) is 0 Å². The van der Waals surface area contributed by atoms with Crippen molar-refractivity contribution in [2.75, 3.05) is 27.2 Å². The lowest BCUT2D eigenvalue weighted by Gasteiger charge is -2.33. The summed E-state index contributed by atoms with van der Waals surface area (Å²) < 4.78 is 0. The Balaban J connectivity index is 4.62. The van der Waals surface area contributed by atoms with E-state index in [-0.39, 0.29) is 0 Å². The van der Waals surface area contributed by atoms with Crippen LogP contribution in [0.5, 0.6) is 0 Å². The monoisotopic (exact) mass is 206 g/mol. The Morgan fingerprint density at radius 1 is 1.36 bits per heavy atom. The second-order valence-electron chi connectivity index (χ2n) is 2.99. The summed E-state index contributed by atoms with van der Waals surface area (Å²) in [5.74, 6) is 0. The van der Waals surface area contributed by atoms with E-state index in [4.69, 9.17) is 0 Å². The molecular formula is C7H18N4O3. The van der Waals surface area contributed by atoms with Crippen LogP contribution in [0.15, 0.2) is 0 Å². The van der Waals surface area contributed by atoms with Gasteiger partial charge in [-0.3, -0.25) is 4.90 Å². The highest BCUT2D eigenvalue weighted by atomic mass is 16.7. The number of nitro groups is 1. The zero-order valence-corrected chi connectivity index (χ0v) is 9.04. The minimum absolute atomic E-state index is 0.327. The third-order valence-corrected chi connectivity index (χ3v) is 2.08. The van der Waals surface area contributed by atoms with Gasteiger partial charge in [0.15, 0.2) is 5.03 Å². The van der Waals surface area contributed by atoms with E-state index in [9.17, 15) is 15.3 Å². The van der Waals surface area contributed by atoms with Crippen LogP contribution < -0.4 is 0 Å². The molecule has 0 saturated carbocycles. The number of rotatable bonds is 6. The number of nitrogens with zero attached hydrogens (tertiary/aromatic N) is 4. The van der Waals surface area contributed by atoms with Crippen molar-refractivity contribution in [2.24, 2.45) is 0 Å². The smallest absolute Gasteiger partial charge is 0.218 e. The van der Waals surface area contributed by atoms with Gasteiger partial charge in [0.25, 0.3) is 0 Å². The van der Waals surface area contributed by atoms with Crippen molar-refractivity contribution in [3.63, 3.8) is 0 Å². The molecule has 0 saturated heterocycles. The van der Waals surface area contributed by atoms with E-state index in [1.54, 1.807) is 18.9 Å². The van der Waals surface area contributed by atoms with Gasteiger partial charge in [-0.15, -0.1) is 0 Å². The van der Waals surface area contributed by atoms with Crippen LogP contribution in [0.1, 0.15) is 13.8 Å². The second-order valence-corrected chi connectivity index (χ2v) is 2.99. The van der Waals surface area contributed by atoms with Crippen molar-refractivity contribution < 1.29 is 10.2 Å². The Labute approximate surface area is 83.6 Å². The van der Waals surface area contributed by atoms with E-state index >= 15 is 0 Å². The second kappa shape index (κ2) is 5.74. The fraction of sp³-hybridized carbons (Fsp3) is 1.00. The lowest BCUT2D eigenvalue weighted by Crippen LogP contribution is -2.56. The highest BCUT2D eigenvalue weighted by Gasteiger charge is 2.30. The van der Waals surface area contributed by atoms with E-state index in [0.29, 0.717) is 13.1 Å². The van der Waals surface area contributed by atoms with Crippen molar-refractivity contribution in [2.45, 2.75) is 20.1 Å². The highest BCUT2D eigenvalue weighted by molar-refractivity contribution is 4.57. The number of hydroxylamine groups is 2. The lowest BCUT2D eigenvalue weighted by atomic mass is 10.5. The number of hydrogen-bond acceptors (Lipinski definition) is 5. The summed E-state index contributed by atoms with van der Waals surface area (Å²) in [6.45, 7) is 4.53. The summed E-state index contributed by atoms with van der Waals surface area (Å²) in [4.78, 5) is 12.2. The van der Waals surface area contributed by atoms with Crippen LogP contribution in [0.25, 0.3) is 0 Å². The molecule has 0 rings (SSSR count). The van der Waals surface area contributed by atoms with E-state index in [2.05, 4.69) is 0 Å². The summed E-state index contributed by atoms with van der Waals surface area (Å²) in [7, 11) is 3.04. The van der Waals surface area contributed by atoms with Crippen molar-refractivity contribution in [3.8, 4) is 0 Å². The van der Waals surface area contributed by atoms with Crippen molar-refractivity contribution in [1.82, 2.24) is 15.0 Å². The van der Waals surface area contributed by atoms with Gasteiger partial charge in [0.2, 0.25) is 6.29 Å². The van der Waals surface area contributed by atoms with Gasteiger partial charge in [0.05, 0.1) is 7.05 Å². The fourth-order valence-corrected chi connectivity index (χ4v) is 1.12. The van der Waals surface area contributed by atoms with Gasteiger partial charge >= 0.3 is 0 Å². The Morgan fingerprint density at radius 3 is 2.14 bits per heavy atom. The molecule has 0 fully saturated rings. The molecule has 0 aliphatic heterocycles. The molecule has 0 aromatic rings. The SMILES string of the molecule is CCN(C)C(N(O)CC)N(C)[N+](=O)[O-]. The van der Waals surface area contributed by atoms with Gasteiger partial charge in [-0.1, -0.05) is 11.9 Å². The standard InChI is InChI=1S/C7H18N4O3/c1-5-8(3)7(10(12)6-2)9(4)11(13)14/h7,12H,5-6H2,1-4H3. The largest absolute Gasteiger partial charge is 0.311 e. The summed E-state index contributed by atoms with van der Waals surface area (Å²) in [5.41, 5.74) is 0. The zero-order chi connectivity index (χ0) is 11.3. The van der Waals surface area contributed by atoms with Crippen LogP contribution in [-0.4, -0.2) is 58.7 Å². The first-order chi connectivity index (χ1) is 6.45. The Hall–Kier alpha value is -0.920. The molecule has 14 heavy (non-hydrogen) atoms. The predicted molar refractivity (Wildman–Crippen MR) is 51.0 cm³/mol. The molecule has 84 valence electrons. The normalized spacial score (nSPS) is 13.4. The maximum absolute atomic E-state index is 10.5. The molecule has 0 radical (unpaired) electrons. The molecule has 1 unspecified atom stereocenters. The van der Waals surface area contributed by atoms with Gasteiger partial charge in [-0.05, 0) is 20.5 Å². The summed E-state index contributed by atoms with van der Waals surface area (Å²) in [5, 5.41) is 21.3. The zero-order valence-electron chi connectivity index (χ0n) is 9.04. The maximum atomic E-state index is 10.5. The molecule has 0 amide bonds. The molecule has 0 aliphatic rings. The van der Waals surface area contributed by atoms with Crippen molar-refractivity contribution in [1.29, 1.82) is 0 Å². The summed E-state index contributed by atoms with van der Waals surface area (Å²) in [6, 6.07) is 0. The predicted octanol–water partition coefficient (Wildman–Crippen LogP) is 0.0563. The maximum Gasteiger partial charge on any atom is 0.218 e. The van der Waals surface area contributed by atoms with Gasteiger partial charge < -0.3 is 5.21 Å². The molecule has 0 heterocycles. The lowest BCUT2D eigenvalue weighted by molar-refractivity contribution is -0.674. The molecule has 7 heteroatoms. The Morgan fingerprint density at radius 2 is 1.86 bits per heavy atom. The van der Waals surface area contributed by atoms with E-state index in [0.717, 1.165) is 10.1 Å². The molecule has 1 atom stereocenters. The van der Waals surface area contributed by atoms with Crippen molar-refractivity contribution in [3.05, 3.63) is 10.1 Å². The first kappa shape index (κ1) is 13.1. The van der Waals surface area contributed by atoms with Crippen molar-refractivity contribution >= 4 is 0 Å². The first-order valence-corrected chi connectivity index (χ1v) is 4.48. The minimum Gasteiger partial charge on any atom is -0.311 e. The van der Waals surface area contributed by atoms with Crippen LogP contribution >= 0.6 is 0 Å².